The Kier molecular flexibility index (Phi) is 85.5. The molecule has 1 aliphatic rings. The quantitative estimate of drug-likeness (QED) is 0.0365. The van der Waals surface area contributed by atoms with E-state index in [1.807, 2.05) is 190 Å². The maximum atomic E-state index is 12.2. The van der Waals surface area contributed by atoms with Gasteiger partial charge in [0.15, 0.2) is 5.78 Å². The molecule has 1 aromatic rings. The lowest BCUT2D eigenvalue weighted by atomic mass is 9.99. The van der Waals surface area contributed by atoms with Gasteiger partial charge in [-0.05, 0) is 313 Å². The van der Waals surface area contributed by atoms with Gasteiger partial charge in [0.05, 0.1) is 155 Å². The van der Waals surface area contributed by atoms with Crippen molar-refractivity contribution in [1.82, 2.24) is 14.7 Å². The number of alkyl halides is 3. The summed E-state index contributed by atoms with van der Waals surface area (Å²) in [7, 11) is 3.21. The molecule has 0 aromatic carbocycles. The normalized spacial score (nSPS) is 13.6. The van der Waals surface area contributed by atoms with E-state index in [2.05, 4.69) is 127 Å². The molecule has 0 spiro atoms. The third-order valence-electron chi connectivity index (χ3n) is 12.6. The van der Waals surface area contributed by atoms with E-state index < -0.39 is 22.1 Å². The number of aryl methyl sites for hydroxylation is 1. The fourth-order valence-electron chi connectivity index (χ4n) is 7.90. The summed E-state index contributed by atoms with van der Waals surface area (Å²) in [5, 5.41) is 4.30. The van der Waals surface area contributed by atoms with E-state index in [1.165, 1.54) is 39.3 Å². The van der Waals surface area contributed by atoms with E-state index in [-0.39, 0.29) is 81.4 Å². The van der Waals surface area contributed by atoms with Gasteiger partial charge in [0.1, 0.15) is 20.0 Å². The zero-order valence-electron chi connectivity index (χ0n) is 87.0. The number of nitrogens with zero attached hydrogens (tertiary/aromatic N) is 3. The molecular weight excluding hydrogens is 1550 g/mol. The molecule has 1 atom stereocenters. The number of hydrogen-bond acceptors (Lipinski definition) is 20. The van der Waals surface area contributed by atoms with Crippen molar-refractivity contribution in [3.05, 3.63) is 18.0 Å². The average molecular weight is 1750 g/mol. The summed E-state index contributed by atoms with van der Waals surface area (Å²) in [6.45, 7) is 99.0. The minimum atomic E-state index is -2.75. The average Bonchev–Trinajstić information content (AvgIpc) is 1.74. The Morgan fingerprint density at radius 3 is 1.05 bits per heavy atom. The van der Waals surface area contributed by atoms with Crippen LogP contribution in [-0.2, 0) is 95.6 Å². The molecule has 0 bridgehead atoms. The van der Waals surface area contributed by atoms with Gasteiger partial charge in [-0.1, -0.05) is 54.9 Å². The summed E-state index contributed by atoms with van der Waals surface area (Å²) < 4.78 is 132. The Morgan fingerprint density at radius 2 is 0.824 bits per heavy atom. The Morgan fingerprint density at radius 1 is 0.462 bits per heavy atom. The molecule has 1 aromatic heterocycles. The number of likely N-dealkylation sites (tertiary alicyclic amines) is 1. The van der Waals surface area contributed by atoms with Gasteiger partial charge in [0, 0.05) is 71.8 Å². The van der Waals surface area contributed by atoms with Crippen molar-refractivity contribution in [1.29, 1.82) is 0 Å². The Bertz CT molecular complexity index is 2410. The zero-order chi connectivity index (χ0) is 96.1. The SMILES string of the molecule is C=S(C)(=O)CC(C)(C)C.CC(=O)COC(C)(C)C.CC(C)(C)N1CCCCC1.CC(C)(C)OCCCF.CC(C)OCCOC(C)(C)C.CC(F)(F)COCCOC(C)(C)C.CCCOC(C)(C)C.CCOCCOC(C)(C)C.COCC(C)(C)C.COCCOCCOC(C)(C)C.COCOCCOC(C)(C)C.Cc1ccn(C(C)(C)C)n1. The van der Waals surface area contributed by atoms with Crippen molar-refractivity contribution in [2.75, 3.05) is 179 Å². The number of ketones is 1. The van der Waals surface area contributed by atoms with Gasteiger partial charge in [-0.15, -0.1) is 0 Å². The Hall–Kier alpha value is -1.99. The molecule has 0 aliphatic carbocycles. The van der Waals surface area contributed by atoms with Crippen LogP contribution in [0.3, 0.4) is 0 Å². The molecule has 1 unspecified atom stereocenters. The number of halogens is 3. The van der Waals surface area contributed by atoms with Crippen LogP contribution >= 0.6 is 0 Å². The van der Waals surface area contributed by atoms with Crippen LogP contribution in [0.1, 0.15) is 329 Å². The molecule has 0 saturated carbocycles. The van der Waals surface area contributed by atoms with Gasteiger partial charge in [-0.2, -0.15) is 5.10 Å². The molecule has 1 fully saturated rings. The molecule has 2 rings (SSSR count). The van der Waals surface area contributed by atoms with Gasteiger partial charge in [-0.25, -0.2) is 8.78 Å². The highest BCUT2D eigenvalue weighted by molar-refractivity contribution is 7.99. The van der Waals surface area contributed by atoms with Crippen LogP contribution in [0.15, 0.2) is 12.3 Å². The van der Waals surface area contributed by atoms with Crippen molar-refractivity contribution >= 4 is 21.2 Å². The van der Waals surface area contributed by atoms with E-state index in [1.54, 1.807) is 27.6 Å². The zero-order valence-corrected chi connectivity index (χ0v) is 87.8. The fraction of sp³-hybridized carbons (Fsp3) is 0.947. The molecule has 21 nitrogen and oxygen atoms in total. The van der Waals surface area contributed by atoms with Crippen molar-refractivity contribution in [2.45, 2.75) is 398 Å². The number of hydrogen-bond donors (Lipinski definition) is 0. The number of carbonyl (C=O) groups excluding carboxylic acids is 1. The molecule has 0 N–H and O–H groups in total. The molecule has 1 saturated heterocycles. The number of carbonyl (C=O) groups is 1. The first-order chi connectivity index (χ1) is 53.2. The highest BCUT2D eigenvalue weighted by atomic mass is 32.2. The molecule has 25 heteroatoms. The van der Waals surface area contributed by atoms with E-state index in [0.717, 1.165) is 38.9 Å². The fourth-order valence-corrected chi connectivity index (χ4v) is 9.73. The molecule has 0 radical (unpaired) electrons. The maximum absolute atomic E-state index is 12.2. The number of Topliss-reactive ketones (excluding diaryl/α,β-unsaturated/α-hetero) is 1. The number of methoxy groups -OCH3 is 3. The first-order valence-corrected chi connectivity index (χ1v) is 45.5. The minimum absolute atomic E-state index is 0.0307. The molecule has 0 amide bonds. The van der Waals surface area contributed by atoms with E-state index in [9.17, 15) is 22.2 Å². The Balaban J connectivity index is -0.000000137. The van der Waals surface area contributed by atoms with E-state index >= 15 is 0 Å². The first kappa shape index (κ1) is 138. The van der Waals surface area contributed by atoms with E-state index in [0.29, 0.717) is 115 Å². The molecule has 2 heterocycles. The van der Waals surface area contributed by atoms with E-state index in [4.69, 9.17) is 75.8 Å². The third-order valence-corrected chi connectivity index (χ3v) is 14.1. The summed E-state index contributed by atoms with van der Waals surface area (Å²) in [5.74, 6) is 1.62. The first-order valence-electron chi connectivity index (χ1n) is 43.2. The van der Waals surface area contributed by atoms with Gasteiger partial charge >= 0.3 is 0 Å². The highest BCUT2D eigenvalue weighted by Gasteiger charge is 2.24. The second kappa shape index (κ2) is 74.0. The van der Waals surface area contributed by atoms with Crippen molar-refractivity contribution in [2.24, 2.45) is 10.8 Å². The summed E-state index contributed by atoms with van der Waals surface area (Å²) >= 11 is 0. The third kappa shape index (κ3) is 164. The number of rotatable bonds is 33. The summed E-state index contributed by atoms with van der Waals surface area (Å²) in [4.78, 5) is 12.9. The molecule has 1 aliphatic heterocycles. The maximum Gasteiger partial charge on any atom is 0.268 e. The monoisotopic (exact) mass is 1750 g/mol. The lowest BCUT2D eigenvalue weighted by Gasteiger charge is -2.38. The minimum Gasteiger partial charge on any atom is -0.384 e. The van der Waals surface area contributed by atoms with Gasteiger partial charge in [0.2, 0.25) is 0 Å². The number of aromatic nitrogens is 2. The van der Waals surface area contributed by atoms with Gasteiger partial charge in [0.25, 0.3) is 5.92 Å². The summed E-state index contributed by atoms with van der Waals surface area (Å²) in [5.41, 5.74) is 1.37. The van der Waals surface area contributed by atoms with Crippen LogP contribution in [0, 0.1) is 17.8 Å². The smallest absolute Gasteiger partial charge is 0.268 e. The highest BCUT2D eigenvalue weighted by Crippen LogP contribution is 2.21. The van der Waals surface area contributed by atoms with Crippen molar-refractivity contribution < 1.29 is 98.0 Å². The van der Waals surface area contributed by atoms with Gasteiger partial charge in [-0.3, -0.25) is 23.0 Å². The van der Waals surface area contributed by atoms with Crippen LogP contribution in [0.5, 0.6) is 0 Å². The second-order valence-corrected chi connectivity index (χ2v) is 44.4. The lowest BCUT2D eigenvalue weighted by Crippen LogP contribution is -2.44. The predicted molar refractivity (Wildman–Crippen MR) is 501 cm³/mol. The second-order valence-electron chi connectivity index (χ2n) is 41.7. The topological polar surface area (TPSA) is 203 Å². The Labute approximate surface area is 735 Å². The standard InChI is InChI=1S/C9H18F2O2.C9H19N.C9H20O3.C9H20O2.C8H14N2.C8H18O3.C8H18O2.C7H15FO.C7H14O2.C7H16OS.C7H16O.C6H14O/c1-8(2,3)13-6-5-12-7-9(4,10)11;1-9(2,3)10-7-5-4-6-8-10;1-9(2,3)12-8-7-11-6-5-10-4;1-8(2)10-6-7-11-9(3,4)5;1-7-5-6-10(9-7)8(2,3)4;1-8(2,3)11-6-5-10-7-9-4;1-5-9-6-7-10-8(2,3)4;1-7(2,3)9-6-4-5-8;1-6(8)5-9-7(2,3)4;1-7(2,3)6-9(4,5)8;1-5-6-8-7(2,3)4;1-6(2,3)5-7-4/h5-7H2,1-4H3;4-8H2,1-3H3;5-8H2,1-4H3;8H,6-7H2,1-5H3;5-6H,1-4H3;5-7H2,1-4H3;5-7H2,1-4H3;4-6H2,1-3H3;5H2,1-4H3;4,6H2,1-3,5H3;5-6H2,1-4H3;5H2,1-4H3. The molecule has 119 heavy (non-hydrogen) atoms. The van der Waals surface area contributed by atoms with Crippen LogP contribution in [0.25, 0.3) is 0 Å². The molecule has 728 valence electrons. The largest absolute Gasteiger partial charge is 0.384 e. The van der Waals surface area contributed by atoms with Gasteiger partial charge < -0.3 is 75.8 Å². The molecular formula is C94H202F3N3O18S. The van der Waals surface area contributed by atoms with Crippen LogP contribution in [0.4, 0.5) is 13.2 Å². The van der Waals surface area contributed by atoms with Crippen molar-refractivity contribution in [3.8, 4) is 0 Å². The summed E-state index contributed by atoms with van der Waals surface area (Å²) in [6, 6.07) is 2.02. The lowest BCUT2D eigenvalue weighted by molar-refractivity contribution is -0.126. The van der Waals surface area contributed by atoms with Crippen LogP contribution < -0.4 is 0 Å². The number of ether oxygens (including phenoxy) is 16. The summed E-state index contributed by atoms with van der Waals surface area (Å²) in [6.07, 6.45) is 9.88. The van der Waals surface area contributed by atoms with Crippen molar-refractivity contribution in [3.63, 3.8) is 0 Å². The predicted octanol–water partition coefficient (Wildman–Crippen LogP) is 22.5. The van der Waals surface area contributed by atoms with Crippen LogP contribution in [-0.4, -0.2) is 272 Å². The van der Waals surface area contributed by atoms with Crippen LogP contribution in [0.2, 0.25) is 0 Å². The number of piperidine rings is 1.